The lowest BCUT2D eigenvalue weighted by Gasteiger charge is -2.43. The molecule has 2 heterocycles. The molecule has 174 valence electrons. The van der Waals surface area contributed by atoms with Gasteiger partial charge >= 0.3 is 0 Å². The van der Waals surface area contributed by atoms with Crippen molar-refractivity contribution in [3.05, 3.63) is 92.9 Å². The van der Waals surface area contributed by atoms with Crippen molar-refractivity contribution >= 4 is 67.4 Å². The number of likely N-dealkylation sites (N-methyl/N-ethyl adjacent to an activating group) is 1. The van der Waals surface area contributed by atoms with Crippen LogP contribution in [-0.4, -0.2) is 42.0 Å². The fourth-order valence-electron chi connectivity index (χ4n) is 4.59. The van der Waals surface area contributed by atoms with Crippen LogP contribution in [0.25, 0.3) is 10.2 Å². The molecular formula is C26H22Cl3N3OS. The summed E-state index contributed by atoms with van der Waals surface area (Å²) in [6, 6.07) is 21.0. The van der Waals surface area contributed by atoms with Crippen molar-refractivity contribution in [1.29, 1.82) is 0 Å². The number of carbonyl (C=O) groups is 1. The van der Waals surface area contributed by atoms with Crippen LogP contribution >= 0.6 is 46.1 Å². The van der Waals surface area contributed by atoms with E-state index < -0.39 is 0 Å². The number of halogens is 3. The molecule has 5 rings (SSSR count). The van der Waals surface area contributed by atoms with E-state index in [-0.39, 0.29) is 17.9 Å². The number of amides is 1. The van der Waals surface area contributed by atoms with Crippen molar-refractivity contribution in [2.75, 3.05) is 25.0 Å². The van der Waals surface area contributed by atoms with E-state index in [1.807, 2.05) is 48.3 Å². The Labute approximate surface area is 217 Å². The first-order valence-corrected chi connectivity index (χ1v) is 12.9. The van der Waals surface area contributed by atoms with Crippen LogP contribution in [0.1, 0.15) is 28.3 Å². The van der Waals surface area contributed by atoms with E-state index >= 15 is 0 Å². The fraction of sp³-hybridized carbons (Fsp3) is 0.231. The zero-order chi connectivity index (χ0) is 23.8. The van der Waals surface area contributed by atoms with Gasteiger partial charge in [-0.3, -0.25) is 4.79 Å². The van der Waals surface area contributed by atoms with Crippen molar-refractivity contribution in [2.24, 2.45) is 0 Å². The van der Waals surface area contributed by atoms with E-state index in [0.29, 0.717) is 20.6 Å². The molecule has 1 saturated heterocycles. The summed E-state index contributed by atoms with van der Waals surface area (Å²) >= 11 is 20.3. The number of rotatable bonds is 4. The Balaban J connectivity index is 1.47. The van der Waals surface area contributed by atoms with Gasteiger partial charge in [-0.1, -0.05) is 64.3 Å². The maximum absolute atomic E-state index is 13.3. The third-order valence-electron chi connectivity index (χ3n) is 6.41. The molecule has 34 heavy (non-hydrogen) atoms. The minimum absolute atomic E-state index is 0.00829. The highest BCUT2D eigenvalue weighted by molar-refractivity contribution is 7.22. The zero-order valence-electron chi connectivity index (χ0n) is 18.4. The summed E-state index contributed by atoms with van der Waals surface area (Å²) in [6.07, 6.45) is 0.802. The van der Waals surface area contributed by atoms with Gasteiger partial charge in [0.15, 0.2) is 5.13 Å². The lowest BCUT2D eigenvalue weighted by atomic mass is 9.85. The van der Waals surface area contributed by atoms with Gasteiger partial charge in [0.1, 0.15) is 0 Å². The molecule has 0 unspecified atom stereocenters. The van der Waals surface area contributed by atoms with Crippen LogP contribution in [-0.2, 0) is 0 Å². The lowest BCUT2D eigenvalue weighted by Crippen LogP contribution is -2.50. The highest BCUT2D eigenvalue weighted by Crippen LogP contribution is 2.38. The fourth-order valence-corrected chi connectivity index (χ4v) is 6.02. The Hall–Kier alpha value is -2.31. The Morgan fingerprint density at radius 2 is 1.79 bits per heavy atom. The first-order chi connectivity index (χ1) is 16.4. The van der Waals surface area contributed by atoms with Gasteiger partial charge in [0, 0.05) is 42.7 Å². The largest absolute Gasteiger partial charge is 0.347 e. The van der Waals surface area contributed by atoms with Crippen molar-refractivity contribution in [2.45, 2.75) is 18.4 Å². The maximum atomic E-state index is 13.3. The van der Waals surface area contributed by atoms with Crippen molar-refractivity contribution < 1.29 is 4.79 Å². The molecule has 2 atom stereocenters. The predicted octanol–water partition coefficient (Wildman–Crippen LogP) is 7.39. The summed E-state index contributed by atoms with van der Waals surface area (Å²) < 4.78 is 1.17. The topological polar surface area (TPSA) is 36.4 Å². The van der Waals surface area contributed by atoms with E-state index in [9.17, 15) is 4.79 Å². The van der Waals surface area contributed by atoms with E-state index in [2.05, 4.69) is 11.0 Å². The summed E-state index contributed by atoms with van der Waals surface area (Å²) in [5, 5.41) is 2.64. The molecule has 1 aliphatic heterocycles. The molecule has 8 heteroatoms. The van der Waals surface area contributed by atoms with E-state index in [0.717, 1.165) is 35.7 Å². The highest BCUT2D eigenvalue weighted by Gasteiger charge is 2.36. The van der Waals surface area contributed by atoms with Gasteiger partial charge in [0.25, 0.3) is 5.91 Å². The van der Waals surface area contributed by atoms with Gasteiger partial charge in [-0.15, -0.1) is 0 Å². The minimum atomic E-state index is -0.0276. The van der Waals surface area contributed by atoms with Gasteiger partial charge in [0.2, 0.25) is 0 Å². The second-order valence-electron chi connectivity index (χ2n) is 8.47. The Kier molecular flexibility index (Phi) is 6.72. The van der Waals surface area contributed by atoms with Crippen LogP contribution in [0.2, 0.25) is 15.1 Å². The summed E-state index contributed by atoms with van der Waals surface area (Å²) in [4.78, 5) is 22.4. The number of piperidine rings is 1. The van der Waals surface area contributed by atoms with Crippen molar-refractivity contribution in [1.82, 2.24) is 9.88 Å². The molecule has 1 amide bonds. The normalized spacial score (nSPS) is 18.3. The number of fused-ring (bicyclic) bond motifs is 1. The first-order valence-electron chi connectivity index (χ1n) is 11.0. The summed E-state index contributed by atoms with van der Waals surface area (Å²) in [7, 11) is 1.87. The molecule has 0 aliphatic carbocycles. The number of thiazole rings is 1. The molecule has 0 spiro atoms. The number of nitrogens with zero attached hydrogens (tertiary/aromatic N) is 3. The summed E-state index contributed by atoms with van der Waals surface area (Å²) in [5.41, 5.74) is 2.68. The van der Waals surface area contributed by atoms with Crippen LogP contribution < -0.4 is 4.90 Å². The predicted molar refractivity (Wildman–Crippen MR) is 143 cm³/mol. The highest BCUT2D eigenvalue weighted by atomic mass is 35.5. The second-order valence-corrected chi connectivity index (χ2v) is 10.7. The SMILES string of the molecule is CN(C(=O)c1ccc(Cl)cc1)[C@@H]1CCN(c2nc3ccccc3s2)C[C@H]1c1ccc(Cl)c(Cl)c1. The van der Waals surface area contributed by atoms with Gasteiger partial charge in [-0.05, 0) is 60.5 Å². The van der Waals surface area contributed by atoms with E-state index in [4.69, 9.17) is 39.8 Å². The van der Waals surface area contributed by atoms with Crippen LogP contribution in [0.5, 0.6) is 0 Å². The van der Waals surface area contributed by atoms with Crippen molar-refractivity contribution in [3.63, 3.8) is 0 Å². The summed E-state index contributed by atoms with van der Waals surface area (Å²) in [6.45, 7) is 1.53. The molecule has 4 nitrogen and oxygen atoms in total. The van der Waals surface area contributed by atoms with Crippen LogP contribution in [0.4, 0.5) is 5.13 Å². The second kappa shape index (κ2) is 9.74. The van der Waals surface area contributed by atoms with Crippen LogP contribution in [0.3, 0.4) is 0 Å². The van der Waals surface area contributed by atoms with Gasteiger partial charge in [-0.2, -0.15) is 0 Å². The average Bonchev–Trinajstić information content (AvgIpc) is 3.29. The molecule has 0 saturated carbocycles. The minimum Gasteiger partial charge on any atom is -0.347 e. The summed E-state index contributed by atoms with van der Waals surface area (Å²) in [5.74, 6) is 0.0111. The molecule has 3 aromatic carbocycles. The third-order valence-corrected chi connectivity index (χ3v) is 8.50. The molecule has 0 radical (unpaired) electrons. The Morgan fingerprint density at radius 1 is 1.03 bits per heavy atom. The number of carbonyl (C=O) groups excluding carboxylic acids is 1. The number of hydrogen-bond donors (Lipinski definition) is 0. The molecule has 0 bridgehead atoms. The van der Waals surface area contributed by atoms with Crippen LogP contribution in [0.15, 0.2) is 66.7 Å². The first kappa shape index (κ1) is 23.4. The number of hydrogen-bond acceptors (Lipinski definition) is 4. The zero-order valence-corrected chi connectivity index (χ0v) is 21.5. The third kappa shape index (κ3) is 4.63. The van der Waals surface area contributed by atoms with E-state index in [1.165, 1.54) is 4.70 Å². The molecule has 1 aromatic heterocycles. The average molecular weight is 531 g/mol. The monoisotopic (exact) mass is 529 g/mol. The number of para-hydroxylation sites is 1. The van der Waals surface area contributed by atoms with Gasteiger partial charge < -0.3 is 9.80 Å². The van der Waals surface area contributed by atoms with Crippen LogP contribution in [0, 0.1) is 0 Å². The Morgan fingerprint density at radius 3 is 2.53 bits per heavy atom. The molecule has 0 N–H and O–H groups in total. The molecule has 4 aromatic rings. The molecule has 1 aliphatic rings. The number of aromatic nitrogens is 1. The number of anilines is 1. The molecule has 1 fully saturated rings. The van der Waals surface area contributed by atoms with Crippen molar-refractivity contribution in [3.8, 4) is 0 Å². The lowest BCUT2D eigenvalue weighted by molar-refractivity contribution is 0.0687. The van der Waals surface area contributed by atoms with Gasteiger partial charge in [-0.25, -0.2) is 4.98 Å². The maximum Gasteiger partial charge on any atom is 0.253 e. The Bertz CT molecular complexity index is 1310. The quantitative estimate of drug-likeness (QED) is 0.276. The standard InChI is InChI=1S/C26H22Cl3N3OS/c1-31(25(33)16-6-9-18(27)10-7-16)23-12-13-32(26-30-22-4-2-3-5-24(22)34-26)15-19(23)17-8-11-20(28)21(29)14-17/h2-11,14,19,23H,12-13,15H2,1H3/t19-,23+/m0/s1. The van der Waals surface area contributed by atoms with Gasteiger partial charge in [0.05, 0.1) is 20.3 Å². The smallest absolute Gasteiger partial charge is 0.253 e. The van der Waals surface area contributed by atoms with E-state index in [1.54, 1.807) is 35.6 Å². The molecular weight excluding hydrogens is 509 g/mol. The number of benzene rings is 3.